The highest BCUT2D eigenvalue weighted by Crippen LogP contribution is 2.09. The third kappa shape index (κ3) is 2.18. The Morgan fingerprint density at radius 1 is 1.20 bits per heavy atom. The summed E-state index contributed by atoms with van der Waals surface area (Å²) in [6, 6.07) is 0. The van der Waals surface area contributed by atoms with Crippen molar-refractivity contribution in [3.8, 4) is 0 Å². The number of imidazole rings is 1. The first-order valence-corrected chi connectivity index (χ1v) is 6.89. The van der Waals surface area contributed by atoms with E-state index in [1.54, 1.807) is 7.05 Å². The van der Waals surface area contributed by atoms with Crippen LogP contribution in [-0.4, -0.2) is 25.2 Å². The summed E-state index contributed by atoms with van der Waals surface area (Å²) in [5.41, 5.74) is 5.83. The predicted molar refractivity (Wildman–Crippen MR) is 77.9 cm³/mol. The second-order valence-electron chi connectivity index (χ2n) is 4.87. The van der Waals surface area contributed by atoms with Crippen LogP contribution >= 0.6 is 0 Å². The van der Waals surface area contributed by atoms with Crippen molar-refractivity contribution in [3.63, 3.8) is 0 Å². The molecule has 0 amide bonds. The molecule has 7 nitrogen and oxygen atoms in total. The summed E-state index contributed by atoms with van der Waals surface area (Å²) in [5, 5.41) is 0. The minimum absolute atomic E-state index is 0.262. The highest BCUT2D eigenvalue weighted by Gasteiger charge is 2.17. The quantitative estimate of drug-likeness (QED) is 0.778. The first-order chi connectivity index (χ1) is 9.52. The van der Waals surface area contributed by atoms with E-state index in [0.29, 0.717) is 30.8 Å². The zero-order valence-electron chi connectivity index (χ0n) is 12.2. The van der Waals surface area contributed by atoms with E-state index in [1.807, 2.05) is 18.4 Å². The minimum Gasteiger partial charge on any atom is -0.330 e. The van der Waals surface area contributed by atoms with Gasteiger partial charge >= 0.3 is 5.69 Å². The van der Waals surface area contributed by atoms with Gasteiger partial charge in [-0.3, -0.25) is 13.9 Å². The van der Waals surface area contributed by atoms with Gasteiger partial charge in [0.1, 0.15) is 5.82 Å². The molecule has 20 heavy (non-hydrogen) atoms. The SMILES string of the molecule is CCn1c(C)nc2c1c(=O)n(CCCCN)c(=O)n2C. The molecule has 0 bridgehead atoms. The van der Waals surface area contributed by atoms with E-state index in [-0.39, 0.29) is 11.2 Å². The van der Waals surface area contributed by atoms with Gasteiger partial charge in [0.05, 0.1) is 0 Å². The summed E-state index contributed by atoms with van der Waals surface area (Å²) in [7, 11) is 1.65. The number of hydrogen-bond donors (Lipinski definition) is 1. The zero-order valence-corrected chi connectivity index (χ0v) is 12.2. The molecular formula is C13H21N5O2. The molecule has 2 aromatic heterocycles. The Bertz CT molecular complexity index is 738. The van der Waals surface area contributed by atoms with Crippen molar-refractivity contribution in [1.82, 2.24) is 18.7 Å². The minimum atomic E-state index is -0.319. The summed E-state index contributed by atoms with van der Waals surface area (Å²) in [5.74, 6) is 0.745. The molecule has 2 N–H and O–H groups in total. The fourth-order valence-corrected chi connectivity index (χ4v) is 2.48. The number of fused-ring (bicyclic) bond motifs is 1. The molecule has 0 fully saturated rings. The number of nitrogens with two attached hydrogens (primary N) is 1. The first-order valence-electron chi connectivity index (χ1n) is 6.89. The van der Waals surface area contributed by atoms with Gasteiger partial charge in [0.15, 0.2) is 11.2 Å². The fourth-order valence-electron chi connectivity index (χ4n) is 2.48. The van der Waals surface area contributed by atoms with Gasteiger partial charge < -0.3 is 10.3 Å². The summed E-state index contributed by atoms with van der Waals surface area (Å²) in [6.45, 7) is 5.40. The molecular weight excluding hydrogens is 258 g/mol. The second-order valence-corrected chi connectivity index (χ2v) is 4.87. The van der Waals surface area contributed by atoms with Crippen LogP contribution in [0.15, 0.2) is 9.59 Å². The molecule has 110 valence electrons. The molecule has 0 unspecified atom stereocenters. The average Bonchev–Trinajstić information content (AvgIpc) is 2.77. The molecule has 2 rings (SSSR count). The summed E-state index contributed by atoms with van der Waals surface area (Å²) in [4.78, 5) is 29.1. The molecule has 2 heterocycles. The number of aromatic nitrogens is 4. The standard InChI is InChI=1S/C13H21N5O2/c1-4-17-9(2)15-11-10(17)12(19)18(8-6-5-7-14)13(20)16(11)3/h4-8,14H2,1-3H3. The van der Waals surface area contributed by atoms with E-state index in [4.69, 9.17) is 5.73 Å². The Kier molecular flexibility index (Phi) is 4.08. The smallest absolute Gasteiger partial charge is 0.330 e. The Labute approximate surface area is 116 Å². The Balaban J connectivity index is 2.71. The number of nitrogens with zero attached hydrogens (tertiary/aromatic N) is 4. The molecule has 0 saturated carbocycles. The van der Waals surface area contributed by atoms with Crippen LogP contribution in [-0.2, 0) is 20.1 Å². The van der Waals surface area contributed by atoms with Crippen LogP contribution in [0.4, 0.5) is 0 Å². The lowest BCUT2D eigenvalue weighted by atomic mass is 10.3. The normalized spacial score (nSPS) is 11.4. The maximum atomic E-state index is 12.5. The van der Waals surface area contributed by atoms with Gasteiger partial charge in [-0.2, -0.15) is 0 Å². The van der Waals surface area contributed by atoms with Crippen molar-refractivity contribution < 1.29 is 0 Å². The summed E-state index contributed by atoms with van der Waals surface area (Å²) < 4.78 is 4.57. The van der Waals surface area contributed by atoms with Crippen molar-refractivity contribution in [1.29, 1.82) is 0 Å². The third-order valence-electron chi connectivity index (χ3n) is 3.58. The van der Waals surface area contributed by atoms with Crippen molar-refractivity contribution in [2.45, 2.75) is 39.8 Å². The number of unbranched alkanes of at least 4 members (excludes halogenated alkanes) is 1. The van der Waals surface area contributed by atoms with Gasteiger partial charge in [-0.1, -0.05) is 0 Å². The lowest BCUT2D eigenvalue weighted by Gasteiger charge is -2.09. The van der Waals surface area contributed by atoms with Gasteiger partial charge in [0.25, 0.3) is 5.56 Å². The highest BCUT2D eigenvalue weighted by atomic mass is 16.2. The summed E-state index contributed by atoms with van der Waals surface area (Å²) >= 11 is 0. The monoisotopic (exact) mass is 279 g/mol. The molecule has 0 aliphatic carbocycles. The molecule has 0 spiro atoms. The van der Waals surface area contributed by atoms with E-state index in [9.17, 15) is 9.59 Å². The molecule has 2 aromatic rings. The van der Waals surface area contributed by atoms with Crippen LogP contribution in [0, 0.1) is 6.92 Å². The third-order valence-corrected chi connectivity index (χ3v) is 3.58. The molecule has 0 radical (unpaired) electrons. The van der Waals surface area contributed by atoms with Crippen LogP contribution in [0.1, 0.15) is 25.6 Å². The van der Waals surface area contributed by atoms with Crippen LogP contribution in [0.2, 0.25) is 0 Å². The lowest BCUT2D eigenvalue weighted by Crippen LogP contribution is -2.39. The second kappa shape index (κ2) is 5.62. The largest absolute Gasteiger partial charge is 0.332 e. The number of hydrogen-bond acceptors (Lipinski definition) is 4. The van der Waals surface area contributed by atoms with Crippen molar-refractivity contribution in [2.24, 2.45) is 12.8 Å². The van der Waals surface area contributed by atoms with Crippen molar-refractivity contribution in [3.05, 3.63) is 26.7 Å². The Morgan fingerprint density at radius 2 is 1.90 bits per heavy atom. The Morgan fingerprint density at radius 3 is 2.50 bits per heavy atom. The number of rotatable bonds is 5. The van der Waals surface area contributed by atoms with Crippen LogP contribution in [0.5, 0.6) is 0 Å². The highest BCUT2D eigenvalue weighted by molar-refractivity contribution is 5.70. The van der Waals surface area contributed by atoms with Gasteiger partial charge in [-0.25, -0.2) is 9.78 Å². The Hall–Kier alpha value is -1.89. The number of aryl methyl sites for hydroxylation is 3. The van der Waals surface area contributed by atoms with E-state index in [2.05, 4.69) is 4.98 Å². The predicted octanol–water partition coefficient (Wildman–Crippen LogP) is -0.0361. The van der Waals surface area contributed by atoms with Crippen LogP contribution < -0.4 is 17.0 Å². The fraction of sp³-hybridized carbons (Fsp3) is 0.615. The van der Waals surface area contributed by atoms with Crippen LogP contribution in [0.3, 0.4) is 0 Å². The van der Waals surface area contributed by atoms with E-state index in [1.165, 1.54) is 9.13 Å². The maximum Gasteiger partial charge on any atom is 0.332 e. The van der Waals surface area contributed by atoms with E-state index in [0.717, 1.165) is 18.7 Å². The molecule has 0 aliphatic rings. The van der Waals surface area contributed by atoms with Gasteiger partial charge in [0.2, 0.25) is 0 Å². The van der Waals surface area contributed by atoms with Gasteiger partial charge in [0, 0.05) is 20.1 Å². The molecule has 0 aromatic carbocycles. The lowest BCUT2D eigenvalue weighted by molar-refractivity contribution is 0.556. The summed E-state index contributed by atoms with van der Waals surface area (Å²) in [6.07, 6.45) is 1.51. The topological polar surface area (TPSA) is 87.8 Å². The first kappa shape index (κ1) is 14.5. The maximum absolute atomic E-state index is 12.5. The molecule has 0 atom stereocenters. The van der Waals surface area contributed by atoms with Crippen molar-refractivity contribution in [2.75, 3.05) is 6.54 Å². The molecule has 7 heteroatoms. The average molecular weight is 279 g/mol. The molecule has 0 aliphatic heterocycles. The van der Waals surface area contributed by atoms with Gasteiger partial charge in [-0.05, 0) is 33.2 Å². The zero-order chi connectivity index (χ0) is 14.9. The van der Waals surface area contributed by atoms with E-state index >= 15 is 0 Å². The van der Waals surface area contributed by atoms with Crippen molar-refractivity contribution >= 4 is 11.2 Å². The van der Waals surface area contributed by atoms with E-state index < -0.39 is 0 Å². The molecule has 0 saturated heterocycles. The van der Waals surface area contributed by atoms with Crippen LogP contribution in [0.25, 0.3) is 11.2 Å². The van der Waals surface area contributed by atoms with Gasteiger partial charge in [-0.15, -0.1) is 0 Å².